The lowest BCUT2D eigenvalue weighted by atomic mass is 9.84. The summed E-state index contributed by atoms with van der Waals surface area (Å²) in [6, 6.07) is 7.13. The topological polar surface area (TPSA) is 96.2 Å². The first kappa shape index (κ1) is 29.0. The number of allylic oxidation sites excluding steroid dienone is 1. The molecule has 8 nitrogen and oxygen atoms in total. The van der Waals surface area contributed by atoms with Gasteiger partial charge in [-0.3, -0.25) is 4.99 Å². The lowest BCUT2D eigenvalue weighted by molar-refractivity contribution is -0.129. The number of carbonyl (C=O) groups excluding carboxylic acids is 1. The monoisotopic (exact) mass is 514 g/mol. The minimum Gasteiger partial charge on any atom is -0.494 e. The van der Waals surface area contributed by atoms with E-state index in [1.165, 1.54) is 0 Å². The van der Waals surface area contributed by atoms with Gasteiger partial charge in [0.25, 0.3) is 0 Å². The highest BCUT2D eigenvalue weighted by Gasteiger charge is 2.44. The number of nitrogens with one attached hydrogen (secondary N) is 1. The third-order valence-electron chi connectivity index (χ3n) is 5.87. The van der Waals surface area contributed by atoms with Crippen LogP contribution < -0.4 is 5.32 Å². The van der Waals surface area contributed by atoms with Gasteiger partial charge in [0.2, 0.25) is 0 Å². The molecule has 2 atom stereocenters. The van der Waals surface area contributed by atoms with Crippen molar-refractivity contribution in [2.45, 2.75) is 46.8 Å². The average Bonchev–Trinajstić information content (AvgIpc) is 2.82. The zero-order valence-electron chi connectivity index (χ0n) is 21.8. The van der Waals surface area contributed by atoms with Crippen molar-refractivity contribution in [3.05, 3.63) is 40.1 Å². The maximum atomic E-state index is 12.4. The number of anilines is 1. The van der Waals surface area contributed by atoms with Gasteiger partial charge in [-0.2, -0.15) is 5.26 Å². The summed E-state index contributed by atoms with van der Waals surface area (Å²) in [7, 11) is 1.69. The third kappa shape index (κ3) is 7.65. The number of aliphatic imine (C=N–C) groups is 1. The van der Waals surface area contributed by atoms with Crippen LogP contribution in [0.1, 0.15) is 40.2 Å². The number of likely N-dealkylation sites (tertiary alicyclic amines) is 1. The Labute approximate surface area is 219 Å². The summed E-state index contributed by atoms with van der Waals surface area (Å²) in [5.41, 5.74) is 1.99. The number of halogens is 1. The molecule has 2 aliphatic rings. The van der Waals surface area contributed by atoms with Gasteiger partial charge in [-0.25, -0.2) is 4.79 Å². The Morgan fingerprint density at radius 3 is 2.42 bits per heavy atom. The highest BCUT2D eigenvalue weighted by Crippen LogP contribution is 2.33. The van der Waals surface area contributed by atoms with Gasteiger partial charge in [0.05, 0.1) is 47.4 Å². The largest absolute Gasteiger partial charge is 0.494 e. The zero-order valence-corrected chi connectivity index (χ0v) is 22.6. The molecule has 0 saturated carbocycles. The van der Waals surface area contributed by atoms with Crippen LogP contribution >= 0.6 is 11.6 Å². The molecule has 1 amide bonds. The third-order valence-corrected chi connectivity index (χ3v) is 6.18. The Morgan fingerprint density at radius 1 is 1.31 bits per heavy atom. The molecule has 0 aromatic heterocycles. The molecule has 0 aliphatic carbocycles. The van der Waals surface area contributed by atoms with Gasteiger partial charge in [0.15, 0.2) is 0 Å². The van der Waals surface area contributed by atoms with E-state index in [4.69, 9.17) is 31.1 Å². The maximum absolute atomic E-state index is 12.4. The highest BCUT2D eigenvalue weighted by molar-refractivity contribution is 6.34. The fraction of sp³-hybridized carbons (Fsp3) is 0.519. The van der Waals surface area contributed by atoms with Gasteiger partial charge in [-0.15, -0.1) is 12.3 Å². The minimum absolute atomic E-state index is 0.0582. The van der Waals surface area contributed by atoms with Crippen LogP contribution in [-0.2, 0) is 14.2 Å². The lowest BCUT2D eigenvalue weighted by Gasteiger charge is -2.46. The van der Waals surface area contributed by atoms with E-state index in [9.17, 15) is 4.79 Å². The summed E-state index contributed by atoms with van der Waals surface area (Å²) in [5, 5.41) is 12.7. The smallest absolute Gasteiger partial charge is 0.410 e. The van der Waals surface area contributed by atoms with E-state index in [0.717, 1.165) is 11.3 Å². The summed E-state index contributed by atoms with van der Waals surface area (Å²) in [6.45, 7) is 11.3. The minimum atomic E-state index is -0.285. The molecule has 2 heterocycles. The molecule has 2 fully saturated rings. The van der Waals surface area contributed by atoms with Gasteiger partial charge >= 0.3 is 6.09 Å². The molecular formula is C27H35ClN4O4. The number of terminal acetylenes is 1. The lowest BCUT2D eigenvalue weighted by Crippen LogP contribution is -2.57. The van der Waals surface area contributed by atoms with Crippen molar-refractivity contribution in [3.63, 3.8) is 0 Å². The fourth-order valence-electron chi connectivity index (χ4n) is 4.11. The number of nitriles is 1. The molecule has 2 bridgehead atoms. The van der Waals surface area contributed by atoms with Crippen LogP contribution in [-0.4, -0.2) is 62.4 Å². The van der Waals surface area contributed by atoms with E-state index < -0.39 is 0 Å². The number of nitrogens with zero attached hydrogens (tertiary/aromatic N) is 3. The molecule has 2 aliphatic heterocycles. The van der Waals surface area contributed by atoms with Crippen LogP contribution in [0.3, 0.4) is 0 Å². The molecule has 2 saturated heterocycles. The Bertz CT molecular complexity index is 1060. The Balaban J connectivity index is 0.00000145. The number of benzene rings is 1. The van der Waals surface area contributed by atoms with E-state index in [0.29, 0.717) is 48.4 Å². The van der Waals surface area contributed by atoms with Gasteiger partial charge in [0, 0.05) is 37.5 Å². The second-order valence-corrected chi connectivity index (χ2v) is 9.36. The second kappa shape index (κ2) is 13.8. The van der Waals surface area contributed by atoms with Crippen molar-refractivity contribution in [3.8, 4) is 18.4 Å². The number of piperidine rings is 1. The van der Waals surface area contributed by atoms with Crippen LogP contribution in [0, 0.1) is 35.5 Å². The van der Waals surface area contributed by atoms with Gasteiger partial charge < -0.3 is 24.4 Å². The van der Waals surface area contributed by atoms with Crippen LogP contribution in [0.25, 0.3) is 0 Å². The number of amides is 1. The van der Waals surface area contributed by atoms with Crippen molar-refractivity contribution in [1.29, 1.82) is 5.26 Å². The number of hydrogen-bond acceptors (Lipinski definition) is 6. The SMILES string of the molecule is C#CC.CN=C(Nc1ccc(C#N)cc1Cl)/C(C)=C(\C)OC1C2COCC1CN(C(=O)OC(C)C)C2. The molecule has 2 unspecified atom stereocenters. The Kier molecular flexibility index (Phi) is 11.1. The zero-order chi connectivity index (χ0) is 26.8. The van der Waals surface area contributed by atoms with Crippen LogP contribution in [0.2, 0.25) is 5.02 Å². The van der Waals surface area contributed by atoms with Crippen LogP contribution in [0.15, 0.2) is 34.5 Å². The van der Waals surface area contributed by atoms with Gasteiger partial charge in [-0.05, 0) is 52.8 Å². The predicted octanol–water partition coefficient (Wildman–Crippen LogP) is 5.09. The predicted molar refractivity (Wildman–Crippen MR) is 142 cm³/mol. The summed E-state index contributed by atoms with van der Waals surface area (Å²) < 4.78 is 17.6. The standard InChI is InChI=1S/C24H31ClN4O4.C3H4/c1-14(2)32-24(30)29-10-18-12-31-13-19(11-29)22(18)33-16(4)15(3)23(27-5)28-21-7-6-17(9-26)8-20(21)25;1-3-2/h6-8,14,18-19,22H,10-13H2,1-5H3,(H,27,28);1H,2H3/b16-15+;. The van der Waals surface area contributed by atoms with E-state index in [2.05, 4.69) is 28.7 Å². The average molecular weight is 515 g/mol. The number of ether oxygens (including phenoxy) is 3. The molecule has 194 valence electrons. The fourth-order valence-corrected chi connectivity index (χ4v) is 4.33. The Morgan fingerprint density at radius 2 is 1.92 bits per heavy atom. The van der Waals surface area contributed by atoms with E-state index in [1.54, 1.807) is 37.1 Å². The molecule has 1 aromatic carbocycles. The van der Waals surface area contributed by atoms with Crippen molar-refractivity contribution >= 4 is 29.2 Å². The first-order chi connectivity index (χ1) is 17.1. The molecular weight excluding hydrogens is 480 g/mol. The number of carbonyl (C=O) groups is 1. The summed E-state index contributed by atoms with van der Waals surface area (Å²) in [5.74, 6) is 3.73. The Hall–Kier alpha value is -3.20. The summed E-state index contributed by atoms with van der Waals surface area (Å²) in [4.78, 5) is 18.5. The molecule has 3 rings (SSSR count). The number of rotatable bonds is 5. The molecule has 9 heteroatoms. The molecule has 36 heavy (non-hydrogen) atoms. The highest BCUT2D eigenvalue weighted by atomic mass is 35.5. The summed E-state index contributed by atoms with van der Waals surface area (Å²) >= 11 is 6.31. The second-order valence-electron chi connectivity index (χ2n) is 8.95. The molecule has 0 spiro atoms. The number of fused-ring (bicyclic) bond motifs is 2. The van der Waals surface area contributed by atoms with Crippen molar-refractivity contribution in [2.75, 3.05) is 38.7 Å². The molecule has 1 aromatic rings. The quantitative estimate of drug-likeness (QED) is 0.254. The first-order valence-corrected chi connectivity index (χ1v) is 12.2. The van der Waals surface area contributed by atoms with E-state index >= 15 is 0 Å². The van der Waals surface area contributed by atoms with E-state index in [1.807, 2.05) is 27.7 Å². The molecule has 0 radical (unpaired) electrons. The first-order valence-electron chi connectivity index (χ1n) is 11.8. The maximum Gasteiger partial charge on any atom is 0.410 e. The number of amidine groups is 1. The molecule has 1 N–H and O–H groups in total. The van der Waals surface area contributed by atoms with Crippen molar-refractivity contribution in [2.24, 2.45) is 16.8 Å². The van der Waals surface area contributed by atoms with Gasteiger partial charge in [-0.1, -0.05) is 11.6 Å². The van der Waals surface area contributed by atoms with Crippen molar-refractivity contribution in [1.82, 2.24) is 4.90 Å². The van der Waals surface area contributed by atoms with Crippen LogP contribution in [0.5, 0.6) is 0 Å². The normalized spacial score (nSPS) is 21.8. The number of hydrogen-bond donors (Lipinski definition) is 1. The van der Waals surface area contributed by atoms with Gasteiger partial charge in [0.1, 0.15) is 11.9 Å². The van der Waals surface area contributed by atoms with Crippen molar-refractivity contribution < 1.29 is 19.0 Å². The van der Waals surface area contributed by atoms with E-state index in [-0.39, 0.29) is 30.1 Å². The summed E-state index contributed by atoms with van der Waals surface area (Å²) in [6.07, 6.45) is 4.10. The van der Waals surface area contributed by atoms with Crippen LogP contribution in [0.4, 0.5) is 10.5 Å².